The molecule has 0 saturated heterocycles. The van der Waals surface area contributed by atoms with Gasteiger partial charge in [0, 0.05) is 25.0 Å². The number of H-pyrrole nitrogens is 1. The summed E-state index contributed by atoms with van der Waals surface area (Å²) in [6.45, 7) is -0.0889. The van der Waals surface area contributed by atoms with E-state index >= 15 is 0 Å². The number of pyridine rings is 1. The highest BCUT2D eigenvalue weighted by Crippen LogP contribution is 2.06. The summed E-state index contributed by atoms with van der Waals surface area (Å²) in [5.74, 6) is -0.450. The number of sulfonamides is 1. The van der Waals surface area contributed by atoms with Gasteiger partial charge in [-0.25, -0.2) is 17.5 Å². The molecule has 0 aliphatic rings. The van der Waals surface area contributed by atoms with Gasteiger partial charge in [-0.2, -0.15) is 0 Å². The molecular formula is C12H11FN2O3S. The van der Waals surface area contributed by atoms with Crippen LogP contribution in [0.1, 0.15) is 5.56 Å². The third-order valence-electron chi connectivity index (χ3n) is 2.43. The van der Waals surface area contributed by atoms with Gasteiger partial charge in [-0.05, 0) is 17.7 Å². The van der Waals surface area contributed by atoms with E-state index in [0.29, 0.717) is 5.56 Å². The van der Waals surface area contributed by atoms with Crippen molar-refractivity contribution in [3.05, 3.63) is 64.3 Å². The molecule has 0 aliphatic carbocycles. The first-order valence-electron chi connectivity index (χ1n) is 5.40. The first-order valence-corrected chi connectivity index (χ1v) is 6.88. The summed E-state index contributed by atoms with van der Waals surface area (Å²) in [4.78, 5) is 13.6. The lowest BCUT2D eigenvalue weighted by Crippen LogP contribution is -2.28. The molecule has 0 unspecified atom stereocenters. The smallest absolute Gasteiger partial charge is 0.246 e. The molecule has 7 heteroatoms. The van der Waals surface area contributed by atoms with Crippen molar-refractivity contribution >= 4 is 10.0 Å². The molecule has 1 aromatic heterocycles. The van der Waals surface area contributed by atoms with Crippen LogP contribution in [-0.2, 0) is 16.6 Å². The van der Waals surface area contributed by atoms with Crippen LogP contribution >= 0.6 is 0 Å². The topological polar surface area (TPSA) is 79.0 Å². The molecule has 5 nitrogen and oxygen atoms in total. The Hall–Kier alpha value is -1.99. The van der Waals surface area contributed by atoms with Gasteiger partial charge in [0.1, 0.15) is 10.7 Å². The van der Waals surface area contributed by atoms with E-state index < -0.39 is 21.3 Å². The number of nitrogens with one attached hydrogen (secondary N) is 2. The Morgan fingerprint density at radius 3 is 2.74 bits per heavy atom. The van der Waals surface area contributed by atoms with Gasteiger partial charge in [-0.15, -0.1) is 0 Å². The molecular weight excluding hydrogens is 271 g/mol. The summed E-state index contributed by atoms with van der Waals surface area (Å²) in [6.07, 6.45) is 2.45. The molecule has 2 rings (SSSR count). The fraction of sp³-hybridized carbons (Fsp3) is 0.0833. The van der Waals surface area contributed by atoms with Crippen molar-refractivity contribution in [1.29, 1.82) is 0 Å². The lowest BCUT2D eigenvalue weighted by Gasteiger charge is -2.06. The zero-order valence-electron chi connectivity index (χ0n) is 9.76. The molecule has 2 aromatic rings. The summed E-state index contributed by atoms with van der Waals surface area (Å²) >= 11 is 0. The number of rotatable bonds is 4. The minimum Gasteiger partial charge on any atom is -0.366 e. The Bertz CT molecular complexity index is 740. The zero-order valence-corrected chi connectivity index (χ0v) is 10.6. The minimum absolute atomic E-state index is 0.0889. The monoisotopic (exact) mass is 282 g/mol. The predicted molar refractivity (Wildman–Crippen MR) is 67.5 cm³/mol. The van der Waals surface area contributed by atoms with Crippen LogP contribution in [0.3, 0.4) is 0 Å². The van der Waals surface area contributed by atoms with Crippen molar-refractivity contribution < 1.29 is 12.8 Å². The van der Waals surface area contributed by atoms with Gasteiger partial charge < -0.3 is 4.98 Å². The molecule has 0 aliphatic heterocycles. The maximum atomic E-state index is 12.9. The maximum absolute atomic E-state index is 12.9. The van der Waals surface area contributed by atoms with Gasteiger partial charge in [-0.3, -0.25) is 4.79 Å². The second-order valence-electron chi connectivity index (χ2n) is 3.83. The maximum Gasteiger partial charge on any atom is 0.246 e. The number of aromatic nitrogens is 1. The number of hydrogen-bond donors (Lipinski definition) is 2. The number of halogens is 1. The lowest BCUT2D eigenvalue weighted by molar-refractivity contribution is 0.579. The molecule has 0 amide bonds. The largest absolute Gasteiger partial charge is 0.366 e. The van der Waals surface area contributed by atoms with Gasteiger partial charge in [0.15, 0.2) is 0 Å². The standard InChI is InChI=1S/C12H11FN2O3S/c13-10-3-1-2-9(6-10)7-15-19(17,18)12-8-14-5-4-11(12)16/h1-6,8,15H,7H2,(H,14,16). The summed E-state index contributed by atoms with van der Waals surface area (Å²) < 4.78 is 39.0. The van der Waals surface area contributed by atoms with E-state index in [-0.39, 0.29) is 11.4 Å². The van der Waals surface area contributed by atoms with Gasteiger partial charge in [0.2, 0.25) is 15.5 Å². The van der Waals surface area contributed by atoms with Crippen LogP contribution in [0, 0.1) is 5.82 Å². The van der Waals surface area contributed by atoms with Crippen LogP contribution in [0.25, 0.3) is 0 Å². The quantitative estimate of drug-likeness (QED) is 0.877. The van der Waals surface area contributed by atoms with E-state index in [1.165, 1.54) is 24.4 Å². The Morgan fingerprint density at radius 2 is 2.05 bits per heavy atom. The van der Waals surface area contributed by atoms with Crippen molar-refractivity contribution in [1.82, 2.24) is 9.71 Å². The third-order valence-corrected chi connectivity index (χ3v) is 3.86. The Morgan fingerprint density at radius 1 is 1.26 bits per heavy atom. The zero-order chi connectivity index (χ0) is 13.9. The number of aromatic amines is 1. The van der Waals surface area contributed by atoms with Gasteiger partial charge in [-0.1, -0.05) is 12.1 Å². The van der Waals surface area contributed by atoms with Crippen LogP contribution in [0.2, 0.25) is 0 Å². The lowest BCUT2D eigenvalue weighted by atomic mass is 10.2. The molecule has 100 valence electrons. The minimum atomic E-state index is -3.92. The highest BCUT2D eigenvalue weighted by Gasteiger charge is 2.17. The Labute approximate surface area is 109 Å². The second kappa shape index (κ2) is 5.33. The molecule has 0 saturated carbocycles. The van der Waals surface area contributed by atoms with Crippen molar-refractivity contribution in [2.45, 2.75) is 11.4 Å². The highest BCUT2D eigenvalue weighted by molar-refractivity contribution is 7.89. The molecule has 1 aromatic carbocycles. The van der Waals surface area contributed by atoms with Gasteiger partial charge in [0.25, 0.3) is 0 Å². The number of hydrogen-bond acceptors (Lipinski definition) is 3. The van der Waals surface area contributed by atoms with E-state index in [0.717, 1.165) is 12.3 Å². The average Bonchev–Trinajstić information content (AvgIpc) is 2.37. The Balaban J connectivity index is 2.19. The van der Waals surface area contributed by atoms with E-state index in [2.05, 4.69) is 9.71 Å². The predicted octanol–water partition coefficient (Wildman–Crippen LogP) is 0.992. The van der Waals surface area contributed by atoms with Crippen molar-refractivity contribution in [3.8, 4) is 0 Å². The van der Waals surface area contributed by atoms with E-state index in [1.54, 1.807) is 6.07 Å². The van der Waals surface area contributed by atoms with Gasteiger partial charge >= 0.3 is 0 Å². The molecule has 0 atom stereocenters. The van der Waals surface area contributed by atoms with Crippen molar-refractivity contribution in [2.24, 2.45) is 0 Å². The normalized spacial score (nSPS) is 11.4. The third kappa shape index (κ3) is 3.27. The van der Waals surface area contributed by atoms with Crippen LogP contribution in [0.4, 0.5) is 4.39 Å². The van der Waals surface area contributed by atoms with Crippen LogP contribution in [-0.4, -0.2) is 13.4 Å². The first-order chi connectivity index (χ1) is 8.99. The fourth-order valence-corrected chi connectivity index (χ4v) is 2.58. The van der Waals surface area contributed by atoms with E-state index in [9.17, 15) is 17.6 Å². The molecule has 2 N–H and O–H groups in total. The molecule has 1 heterocycles. The van der Waals surface area contributed by atoms with Crippen LogP contribution < -0.4 is 10.2 Å². The average molecular weight is 282 g/mol. The molecule has 0 fully saturated rings. The highest BCUT2D eigenvalue weighted by atomic mass is 32.2. The van der Waals surface area contributed by atoms with Gasteiger partial charge in [0.05, 0.1) is 0 Å². The summed E-state index contributed by atoms with van der Waals surface area (Å²) in [6, 6.07) is 6.67. The van der Waals surface area contributed by atoms with Crippen LogP contribution in [0.15, 0.2) is 52.4 Å². The fourth-order valence-electron chi connectivity index (χ4n) is 1.51. The summed E-state index contributed by atoms with van der Waals surface area (Å²) in [5, 5.41) is 0. The first kappa shape index (κ1) is 13.4. The van der Waals surface area contributed by atoms with E-state index in [1.807, 2.05) is 0 Å². The molecule has 19 heavy (non-hydrogen) atoms. The number of benzene rings is 1. The molecule has 0 bridgehead atoms. The van der Waals surface area contributed by atoms with Crippen molar-refractivity contribution in [3.63, 3.8) is 0 Å². The summed E-state index contributed by atoms with van der Waals surface area (Å²) in [5.41, 5.74) is -0.138. The van der Waals surface area contributed by atoms with Crippen LogP contribution in [0.5, 0.6) is 0 Å². The van der Waals surface area contributed by atoms with Crippen molar-refractivity contribution in [2.75, 3.05) is 0 Å². The van der Waals surface area contributed by atoms with E-state index in [4.69, 9.17) is 0 Å². The molecule has 0 spiro atoms. The SMILES string of the molecule is O=c1cc[nH]cc1S(=O)(=O)NCc1cccc(F)c1. The Kier molecular flexibility index (Phi) is 3.77. The molecule has 0 radical (unpaired) electrons. The summed E-state index contributed by atoms with van der Waals surface area (Å²) in [7, 11) is -3.92. The second-order valence-corrected chi connectivity index (χ2v) is 5.56.